The Labute approximate surface area is 190 Å². The fourth-order valence-corrected chi connectivity index (χ4v) is 4.33. The summed E-state index contributed by atoms with van der Waals surface area (Å²) in [6.07, 6.45) is 5.21. The molecule has 0 atom stereocenters. The first-order valence-corrected chi connectivity index (χ1v) is 11.1. The number of aryl methyl sites for hydroxylation is 1. The average Bonchev–Trinajstić information content (AvgIpc) is 3.51. The van der Waals surface area contributed by atoms with Crippen LogP contribution >= 0.6 is 11.8 Å². The van der Waals surface area contributed by atoms with E-state index in [2.05, 4.69) is 22.4 Å². The molecule has 4 aromatic rings. The number of anilines is 1. The van der Waals surface area contributed by atoms with E-state index < -0.39 is 0 Å². The highest BCUT2D eigenvalue weighted by Gasteiger charge is 2.21. The second-order valence-corrected chi connectivity index (χ2v) is 8.41. The minimum Gasteiger partial charge on any atom is -0.467 e. The molecule has 162 valence electrons. The Balaban J connectivity index is 1.52. The lowest BCUT2D eigenvalue weighted by Gasteiger charge is -2.12. The first kappa shape index (κ1) is 21.5. The van der Waals surface area contributed by atoms with Gasteiger partial charge in [-0.1, -0.05) is 23.9 Å². The van der Waals surface area contributed by atoms with Crippen LogP contribution in [0.4, 0.5) is 5.82 Å². The molecule has 4 rings (SSSR count). The molecule has 32 heavy (non-hydrogen) atoms. The van der Waals surface area contributed by atoms with Gasteiger partial charge >= 0.3 is 0 Å². The zero-order valence-electron chi connectivity index (χ0n) is 18.1. The van der Waals surface area contributed by atoms with Gasteiger partial charge in [-0.15, -0.1) is 0 Å². The maximum Gasteiger partial charge on any atom is 0.235 e. The first-order valence-electron chi connectivity index (χ1n) is 10.1. The van der Waals surface area contributed by atoms with E-state index in [9.17, 15) is 10.1 Å². The number of nitrogens with zero attached hydrogens (tertiary/aromatic N) is 4. The third-order valence-electron chi connectivity index (χ3n) is 5.31. The Bertz CT molecular complexity index is 1290. The summed E-state index contributed by atoms with van der Waals surface area (Å²) in [5, 5.41) is 13.3. The van der Waals surface area contributed by atoms with Gasteiger partial charge < -0.3 is 14.3 Å². The number of imidazole rings is 1. The van der Waals surface area contributed by atoms with Crippen LogP contribution in [0, 0.1) is 32.1 Å². The maximum atomic E-state index is 12.8. The second kappa shape index (κ2) is 9.20. The van der Waals surface area contributed by atoms with Gasteiger partial charge in [0.15, 0.2) is 5.16 Å². The van der Waals surface area contributed by atoms with Gasteiger partial charge in [0.05, 0.1) is 24.1 Å². The van der Waals surface area contributed by atoms with Crippen molar-refractivity contribution >= 4 is 23.5 Å². The van der Waals surface area contributed by atoms with Crippen molar-refractivity contribution in [3.8, 4) is 11.8 Å². The molecule has 1 amide bonds. The summed E-state index contributed by atoms with van der Waals surface area (Å²) in [7, 11) is 0. The van der Waals surface area contributed by atoms with Crippen molar-refractivity contribution < 1.29 is 9.21 Å². The van der Waals surface area contributed by atoms with E-state index in [1.54, 1.807) is 12.5 Å². The van der Waals surface area contributed by atoms with Crippen molar-refractivity contribution in [1.29, 1.82) is 5.26 Å². The van der Waals surface area contributed by atoms with Gasteiger partial charge in [0, 0.05) is 23.8 Å². The van der Waals surface area contributed by atoms with Crippen molar-refractivity contribution in [1.82, 2.24) is 14.1 Å². The third kappa shape index (κ3) is 4.34. The van der Waals surface area contributed by atoms with Crippen molar-refractivity contribution in [3.63, 3.8) is 0 Å². The number of nitriles is 1. The van der Waals surface area contributed by atoms with E-state index in [1.807, 2.05) is 66.4 Å². The molecular formula is C24H23N5O2S. The van der Waals surface area contributed by atoms with Crippen LogP contribution in [0.3, 0.4) is 0 Å². The number of carbonyl (C=O) groups excluding carboxylic acids is 1. The Morgan fingerprint density at radius 1 is 1.25 bits per heavy atom. The summed E-state index contributed by atoms with van der Waals surface area (Å²) in [5.74, 6) is 1.20. The minimum absolute atomic E-state index is 0.164. The van der Waals surface area contributed by atoms with Crippen LogP contribution < -0.4 is 5.32 Å². The highest BCUT2D eigenvalue weighted by molar-refractivity contribution is 7.99. The largest absolute Gasteiger partial charge is 0.467 e. The Hall–Kier alpha value is -3.70. The van der Waals surface area contributed by atoms with E-state index >= 15 is 0 Å². The fourth-order valence-electron chi connectivity index (χ4n) is 3.56. The van der Waals surface area contributed by atoms with Crippen LogP contribution in [0.25, 0.3) is 5.69 Å². The molecule has 3 aromatic heterocycles. The van der Waals surface area contributed by atoms with Crippen molar-refractivity contribution in [2.24, 2.45) is 0 Å². The molecule has 0 radical (unpaired) electrons. The highest BCUT2D eigenvalue weighted by atomic mass is 32.2. The van der Waals surface area contributed by atoms with E-state index in [0.717, 1.165) is 33.4 Å². The molecular weight excluding hydrogens is 422 g/mol. The quantitative estimate of drug-likeness (QED) is 0.411. The summed E-state index contributed by atoms with van der Waals surface area (Å²) < 4.78 is 9.33. The van der Waals surface area contributed by atoms with E-state index in [4.69, 9.17) is 4.42 Å². The molecule has 0 bridgehead atoms. The molecule has 0 unspecified atom stereocenters. The number of hydrogen-bond acceptors (Lipinski definition) is 5. The van der Waals surface area contributed by atoms with Crippen LogP contribution in [0.1, 0.15) is 28.1 Å². The number of thioether (sulfide) groups is 1. The Morgan fingerprint density at radius 2 is 2.09 bits per heavy atom. The predicted octanol–water partition coefficient (Wildman–Crippen LogP) is 4.84. The minimum atomic E-state index is -0.205. The lowest BCUT2D eigenvalue weighted by Crippen LogP contribution is -2.18. The molecule has 8 heteroatoms. The first-order chi connectivity index (χ1) is 15.5. The molecule has 1 N–H and O–H groups in total. The molecule has 0 spiro atoms. The zero-order chi connectivity index (χ0) is 22.7. The lowest BCUT2D eigenvalue weighted by atomic mass is 10.2. The van der Waals surface area contributed by atoms with Crippen LogP contribution in [0.5, 0.6) is 0 Å². The molecule has 1 aromatic carbocycles. The molecule has 3 heterocycles. The van der Waals surface area contributed by atoms with Crippen LogP contribution in [0.2, 0.25) is 0 Å². The molecule has 0 aliphatic carbocycles. The molecule has 7 nitrogen and oxygen atoms in total. The third-order valence-corrected chi connectivity index (χ3v) is 6.28. The number of hydrogen-bond donors (Lipinski definition) is 1. The molecule has 0 saturated heterocycles. The van der Waals surface area contributed by atoms with Crippen LogP contribution in [0.15, 0.2) is 64.6 Å². The zero-order valence-corrected chi connectivity index (χ0v) is 18.9. The van der Waals surface area contributed by atoms with E-state index in [-0.39, 0.29) is 11.7 Å². The number of furan rings is 1. The molecule has 0 saturated carbocycles. The monoisotopic (exact) mass is 445 g/mol. The number of benzene rings is 1. The molecule has 0 aliphatic rings. The van der Waals surface area contributed by atoms with Gasteiger partial charge in [-0.05, 0) is 56.2 Å². The number of aromatic nitrogens is 3. The summed E-state index contributed by atoms with van der Waals surface area (Å²) in [4.78, 5) is 17.2. The summed E-state index contributed by atoms with van der Waals surface area (Å²) >= 11 is 1.35. The van der Waals surface area contributed by atoms with Crippen LogP contribution in [-0.4, -0.2) is 25.8 Å². The fraction of sp³-hybridized carbons (Fsp3) is 0.208. The number of rotatable bonds is 7. The summed E-state index contributed by atoms with van der Waals surface area (Å²) in [6, 6.07) is 14.0. The average molecular weight is 446 g/mol. The SMILES string of the molecule is Cc1cccc(-n2ccnc2SCC(=O)Nc2c(C#N)c(C)c(C)n2Cc2ccco2)c1. The highest BCUT2D eigenvalue weighted by Crippen LogP contribution is 2.28. The van der Waals surface area contributed by atoms with Crippen molar-refractivity contribution in [3.05, 3.63) is 83.2 Å². The van der Waals surface area contributed by atoms with Gasteiger partial charge in [-0.3, -0.25) is 9.36 Å². The standard InChI is InChI=1S/C24H23N5O2S/c1-16-6-4-7-19(12-16)28-10-9-26-24(28)32-15-22(30)27-23-21(13-25)17(2)18(3)29(23)14-20-8-5-11-31-20/h4-12H,14-15H2,1-3H3,(H,27,30). The molecule has 0 aliphatic heterocycles. The lowest BCUT2D eigenvalue weighted by molar-refractivity contribution is -0.113. The van der Waals surface area contributed by atoms with Gasteiger partial charge in [-0.25, -0.2) is 4.98 Å². The Morgan fingerprint density at radius 3 is 2.81 bits per heavy atom. The number of carbonyl (C=O) groups is 1. The topological polar surface area (TPSA) is 88.8 Å². The summed E-state index contributed by atoms with van der Waals surface area (Å²) in [6.45, 7) is 6.29. The van der Waals surface area contributed by atoms with E-state index in [0.29, 0.717) is 17.9 Å². The molecule has 0 fully saturated rings. The van der Waals surface area contributed by atoms with E-state index in [1.165, 1.54) is 11.8 Å². The van der Waals surface area contributed by atoms with Crippen molar-refractivity contribution in [2.45, 2.75) is 32.5 Å². The Kier molecular flexibility index (Phi) is 6.19. The number of nitrogens with one attached hydrogen (secondary N) is 1. The van der Waals surface area contributed by atoms with Crippen molar-refractivity contribution in [2.75, 3.05) is 11.1 Å². The maximum absolute atomic E-state index is 12.8. The normalized spacial score (nSPS) is 10.8. The van der Waals surface area contributed by atoms with Gasteiger partial charge in [0.2, 0.25) is 5.91 Å². The van der Waals surface area contributed by atoms with Gasteiger partial charge in [0.1, 0.15) is 17.6 Å². The van der Waals surface area contributed by atoms with Gasteiger partial charge in [-0.2, -0.15) is 5.26 Å². The predicted molar refractivity (Wildman–Crippen MR) is 124 cm³/mol. The van der Waals surface area contributed by atoms with Crippen LogP contribution in [-0.2, 0) is 11.3 Å². The smallest absolute Gasteiger partial charge is 0.235 e. The summed E-state index contributed by atoms with van der Waals surface area (Å²) in [5.41, 5.74) is 4.37. The van der Waals surface area contributed by atoms with Gasteiger partial charge in [0.25, 0.3) is 0 Å². The number of amides is 1. The second-order valence-electron chi connectivity index (χ2n) is 7.47.